The lowest BCUT2D eigenvalue weighted by atomic mass is 9.59. The number of hydrogen-bond donors (Lipinski definition) is 2. The Labute approximate surface area is 312 Å². The molecule has 52 heavy (non-hydrogen) atoms. The van der Waals surface area contributed by atoms with Gasteiger partial charge in [0.05, 0.1) is 25.5 Å². The first kappa shape index (κ1) is 36.3. The number of aromatic nitrogens is 3. The number of rotatable bonds is 14. The van der Waals surface area contributed by atoms with Crippen LogP contribution >= 0.6 is 11.6 Å². The Bertz CT molecular complexity index is 1870. The summed E-state index contributed by atoms with van der Waals surface area (Å²) in [6.45, 7) is 6.58. The number of nitrogens with one attached hydrogen (secondary N) is 1. The van der Waals surface area contributed by atoms with E-state index in [0.29, 0.717) is 62.0 Å². The van der Waals surface area contributed by atoms with Crippen LogP contribution in [0.15, 0.2) is 67.0 Å². The number of ether oxygens (including phenoxy) is 3. The normalized spacial score (nSPS) is 24.2. The third-order valence-electron chi connectivity index (χ3n) is 11.9. The van der Waals surface area contributed by atoms with Gasteiger partial charge in [-0.3, -0.25) is 9.67 Å². The van der Waals surface area contributed by atoms with Gasteiger partial charge >= 0.3 is 5.97 Å². The summed E-state index contributed by atoms with van der Waals surface area (Å²) in [4.78, 5) is 17.7. The summed E-state index contributed by atoms with van der Waals surface area (Å²) >= 11 is 6.29. The van der Waals surface area contributed by atoms with E-state index in [-0.39, 0.29) is 5.41 Å². The molecule has 1 spiro atoms. The lowest BCUT2D eigenvalue weighted by Crippen LogP contribution is -2.53. The summed E-state index contributed by atoms with van der Waals surface area (Å²) in [5.41, 5.74) is 5.60. The quantitative estimate of drug-likeness (QED) is 0.125. The largest absolute Gasteiger partial charge is 0.493 e. The summed E-state index contributed by atoms with van der Waals surface area (Å²) in [5.74, 6) is 2.09. The molecule has 0 bridgehead atoms. The molecule has 0 unspecified atom stereocenters. The smallest absolute Gasteiger partial charge is 0.329 e. The summed E-state index contributed by atoms with van der Waals surface area (Å²) in [7, 11) is 1.91. The van der Waals surface area contributed by atoms with Crippen molar-refractivity contribution < 1.29 is 24.1 Å². The van der Waals surface area contributed by atoms with Crippen LogP contribution in [0.5, 0.6) is 11.5 Å². The predicted molar refractivity (Wildman–Crippen MR) is 202 cm³/mol. The van der Waals surface area contributed by atoms with E-state index in [1.54, 1.807) is 18.3 Å². The topological polar surface area (TPSA) is 108 Å². The molecule has 2 aromatic carbocycles. The lowest BCUT2D eigenvalue weighted by Gasteiger charge is -2.47. The second-order valence-electron chi connectivity index (χ2n) is 15.4. The third-order valence-corrected chi connectivity index (χ3v) is 12.2. The Kier molecular flexibility index (Phi) is 10.8. The highest BCUT2D eigenvalue weighted by molar-refractivity contribution is 6.30. The van der Waals surface area contributed by atoms with Crippen molar-refractivity contribution in [3.63, 3.8) is 0 Å². The predicted octanol–water partition coefficient (Wildman–Crippen LogP) is 8.53. The van der Waals surface area contributed by atoms with E-state index >= 15 is 0 Å². The number of halogens is 1. The van der Waals surface area contributed by atoms with Crippen LogP contribution < -0.4 is 14.8 Å². The van der Waals surface area contributed by atoms with Crippen LogP contribution in [0.1, 0.15) is 92.8 Å². The zero-order chi connectivity index (χ0) is 36.3. The fraction of sp³-hybridized carbons (Fsp3) is 0.500. The maximum atomic E-state index is 13.0. The first-order chi connectivity index (χ1) is 25.2. The zero-order valence-electron chi connectivity index (χ0n) is 30.6. The Morgan fingerprint density at radius 3 is 2.69 bits per heavy atom. The first-order valence-electron chi connectivity index (χ1n) is 18.8. The van der Waals surface area contributed by atoms with Gasteiger partial charge in [0.15, 0.2) is 0 Å². The minimum atomic E-state index is -1.07. The van der Waals surface area contributed by atoms with E-state index in [0.717, 1.165) is 55.0 Å². The molecule has 1 saturated carbocycles. The molecule has 0 radical (unpaired) electrons. The SMILES string of the molecule is C[C@@H](COc1ccnc2c1[C@H](C)CCC2)C[C@H]1Cc2ccc(OCCOCc3ccnn3C)cc2C12CCC(Nc1cccc(Cl)c1)(C(=O)O)CC2. The number of carbonyl (C=O) groups is 1. The fourth-order valence-electron chi connectivity index (χ4n) is 9.10. The van der Waals surface area contributed by atoms with Gasteiger partial charge in [0.1, 0.15) is 23.6 Å². The Hall–Kier alpha value is -4.08. The molecule has 4 aromatic rings. The van der Waals surface area contributed by atoms with E-state index in [1.807, 2.05) is 42.2 Å². The number of fused-ring (bicyclic) bond motifs is 3. The number of nitrogens with zero attached hydrogens (tertiary/aromatic N) is 3. The molecule has 7 rings (SSSR count). The van der Waals surface area contributed by atoms with E-state index in [1.165, 1.54) is 35.2 Å². The molecule has 3 atom stereocenters. The average Bonchev–Trinajstić information content (AvgIpc) is 3.67. The lowest BCUT2D eigenvalue weighted by molar-refractivity contribution is -0.144. The van der Waals surface area contributed by atoms with Gasteiger partial charge in [0, 0.05) is 41.4 Å². The van der Waals surface area contributed by atoms with Gasteiger partial charge in [-0.25, -0.2) is 4.79 Å². The number of carboxylic acid groups (broad SMARTS) is 1. The monoisotopic (exact) mass is 726 g/mol. The number of pyridine rings is 1. The van der Waals surface area contributed by atoms with Gasteiger partial charge in [-0.1, -0.05) is 37.6 Å². The Balaban J connectivity index is 1.08. The van der Waals surface area contributed by atoms with E-state index < -0.39 is 11.5 Å². The molecule has 2 aromatic heterocycles. The molecule has 2 heterocycles. The van der Waals surface area contributed by atoms with Crippen LogP contribution in [-0.4, -0.2) is 51.2 Å². The van der Waals surface area contributed by atoms with Crippen LogP contribution in [-0.2, 0) is 41.4 Å². The third kappa shape index (κ3) is 7.53. The van der Waals surface area contributed by atoms with Crippen molar-refractivity contribution in [2.75, 3.05) is 25.1 Å². The average molecular weight is 727 g/mol. The number of aliphatic carboxylic acids is 1. The van der Waals surface area contributed by atoms with Crippen molar-refractivity contribution >= 4 is 23.3 Å². The van der Waals surface area contributed by atoms with Gasteiger partial charge in [0.25, 0.3) is 0 Å². The number of benzene rings is 2. The minimum Gasteiger partial charge on any atom is -0.493 e. The maximum absolute atomic E-state index is 13.0. The molecule has 0 amide bonds. The van der Waals surface area contributed by atoms with Crippen molar-refractivity contribution in [1.82, 2.24) is 14.8 Å². The summed E-state index contributed by atoms with van der Waals surface area (Å²) in [6, 6.07) is 17.8. The van der Waals surface area contributed by atoms with Crippen LogP contribution in [0, 0.1) is 11.8 Å². The van der Waals surface area contributed by atoms with Crippen molar-refractivity contribution in [1.29, 1.82) is 0 Å². The van der Waals surface area contributed by atoms with E-state index in [4.69, 9.17) is 25.8 Å². The molecule has 10 heteroatoms. The van der Waals surface area contributed by atoms with Crippen molar-refractivity contribution in [3.05, 3.63) is 100 Å². The molecule has 0 aliphatic heterocycles. The maximum Gasteiger partial charge on any atom is 0.329 e. The molecule has 3 aliphatic carbocycles. The molecule has 3 aliphatic rings. The van der Waals surface area contributed by atoms with Crippen molar-refractivity contribution in [3.8, 4) is 11.5 Å². The highest BCUT2D eigenvalue weighted by Gasteiger charge is 2.54. The molecular weight excluding hydrogens is 676 g/mol. The van der Waals surface area contributed by atoms with Gasteiger partial charge < -0.3 is 24.6 Å². The highest BCUT2D eigenvalue weighted by Crippen LogP contribution is 2.56. The number of aryl methyl sites for hydroxylation is 2. The Morgan fingerprint density at radius 1 is 1.08 bits per heavy atom. The number of hydrogen-bond acceptors (Lipinski definition) is 7. The highest BCUT2D eigenvalue weighted by atomic mass is 35.5. The number of anilines is 1. The van der Waals surface area contributed by atoms with E-state index in [2.05, 4.69) is 47.4 Å². The molecule has 2 N–H and O–H groups in total. The fourth-order valence-corrected chi connectivity index (χ4v) is 9.29. The van der Waals surface area contributed by atoms with E-state index in [9.17, 15) is 9.90 Å². The molecule has 276 valence electrons. The van der Waals surface area contributed by atoms with Crippen molar-refractivity contribution in [2.45, 2.75) is 95.1 Å². The van der Waals surface area contributed by atoms with Gasteiger partial charge in [-0.15, -0.1) is 0 Å². The molecular formula is C42H51ClN4O5. The van der Waals surface area contributed by atoms with Crippen LogP contribution in [0.3, 0.4) is 0 Å². The molecule has 1 fully saturated rings. The van der Waals surface area contributed by atoms with Crippen molar-refractivity contribution in [2.24, 2.45) is 18.9 Å². The molecule has 9 nitrogen and oxygen atoms in total. The molecule has 0 saturated heterocycles. The first-order valence-corrected chi connectivity index (χ1v) is 19.2. The summed E-state index contributed by atoms with van der Waals surface area (Å²) < 4.78 is 20.5. The van der Waals surface area contributed by atoms with Crippen LogP contribution in [0.25, 0.3) is 0 Å². The van der Waals surface area contributed by atoms with Gasteiger partial charge in [-0.2, -0.15) is 5.10 Å². The van der Waals surface area contributed by atoms with Gasteiger partial charge in [-0.05, 0) is 135 Å². The standard InChI is InChI=1S/C42H51ClN4O5/c1-28(26-52-38-13-18-44-37-9-4-6-29(2)39(37)38)22-31-23-30-10-11-35(51-21-20-50-27-34-12-19-45-47(34)3)25-36(30)41(31)14-16-42(17-15-41,40(48)49)46-33-8-5-7-32(43)24-33/h5,7-8,10-13,18-19,24-25,28-29,31,46H,4,6,9,14-17,20-23,26-27H2,1-3H3,(H,48,49)/t28-,29-,31+,41?,42?/m1/s1. The van der Waals surface area contributed by atoms with Gasteiger partial charge in [0.2, 0.25) is 0 Å². The second-order valence-corrected chi connectivity index (χ2v) is 15.8. The second kappa shape index (κ2) is 15.5. The van der Waals surface area contributed by atoms with Crippen LogP contribution in [0.2, 0.25) is 5.02 Å². The summed E-state index contributed by atoms with van der Waals surface area (Å²) in [5, 5.41) is 18.8. The Morgan fingerprint density at radius 2 is 1.92 bits per heavy atom. The summed E-state index contributed by atoms with van der Waals surface area (Å²) in [6.07, 6.45) is 11.5. The minimum absolute atomic E-state index is 0.168. The zero-order valence-corrected chi connectivity index (χ0v) is 31.3. The number of carboxylic acids is 1. The van der Waals surface area contributed by atoms with Crippen LogP contribution in [0.4, 0.5) is 5.69 Å².